The van der Waals surface area contributed by atoms with E-state index in [-0.39, 0.29) is 58.7 Å². The number of benzene rings is 4. The summed E-state index contributed by atoms with van der Waals surface area (Å²) in [5, 5.41) is 56.9. The largest absolute Gasteiger partial charge is 0.507 e. The Morgan fingerprint density at radius 2 is 1.22 bits per heavy atom. The number of allylic oxidation sites excluding steroid dienone is 1. The Balaban J connectivity index is 0.000000241. The third-order valence-corrected chi connectivity index (χ3v) is 22.3. The molecule has 8 unspecified atom stereocenters. The molecular formula is C72H100ClN3O18S. The number of nitrogen functional groups attached to an aromatic ring is 2. The van der Waals surface area contributed by atoms with Gasteiger partial charge < -0.3 is 75.1 Å². The zero-order chi connectivity index (χ0) is 70.4. The molecule has 2 aliphatic carbocycles. The summed E-state index contributed by atoms with van der Waals surface area (Å²) >= 11 is 5.96. The number of carbonyl (C=O) groups is 4. The molecule has 0 bridgehead atoms. The van der Waals surface area contributed by atoms with E-state index in [1.165, 1.54) is 51.0 Å². The van der Waals surface area contributed by atoms with Gasteiger partial charge in [0.2, 0.25) is 21.4 Å². The number of fused-ring (bicyclic) bond motifs is 1. The number of methoxy groups -OCH3 is 2. The molecule has 95 heavy (non-hydrogen) atoms. The summed E-state index contributed by atoms with van der Waals surface area (Å²) in [7, 11) is 3.28. The van der Waals surface area contributed by atoms with Crippen molar-refractivity contribution in [1.82, 2.24) is 4.90 Å². The molecule has 3 aliphatic heterocycles. The Labute approximate surface area is 564 Å². The standard InChI is InChI=1S/C38H69NO13.C22H19ClO3.C12H12N2O2S/c1-15-26-38(10,45)31(42)21(4)28(40)19(2)17-37(9,47-14)33(52-35-29(41)25(39(11)12)16-20(3)48-35)22(5)30(23(6)34(44)50-26)51-27-18-36(8,46-13)32(43)24(7)49-27;23-16-11-9-14(10-12-16)13-5-7-15(8-6-13)19-20(24)17-3-1-2-4-18(17)21(25)22(19)26;13-9-1-5-11(6-2-9)17(15,16)12-7-3-10(14)4-8-12/h19-27,29-33,35,41-43,45H,15-18H2,1-14H3;1-4,9-13,15,24H,5-8H2;1-8H,13-14H2/t19-,20?,21+,22+,23-,24?,25?,26-,27?,29?,30+,31-,32?,33-,35?,36?,37-,38-;;/m1../s1. The molecule has 3 saturated heterocycles. The van der Waals surface area contributed by atoms with Crippen molar-refractivity contribution in [3.05, 3.63) is 124 Å². The monoisotopic (exact) mass is 1360 g/mol. The number of esters is 1. The predicted octanol–water partition coefficient (Wildman–Crippen LogP) is 9.47. The number of aliphatic hydroxyl groups is 5. The second-order valence-electron chi connectivity index (χ2n) is 27.3. The van der Waals surface area contributed by atoms with Crippen LogP contribution in [0.2, 0.25) is 5.02 Å². The van der Waals surface area contributed by atoms with Gasteiger partial charge in [0.15, 0.2) is 12.6 Å². The minimum atomic E-state index is -3.48. The highest BCUT2D eigenvalue weighted by Crippen LogP contribution is 2.45. The first kappa shape index (κ1) is 76.7. The van der Waals surface area contributed by atoms with E-state index in [2.05, 4.69) is 12.1 Å². The number of carbonyl (C=O) groups excluding carboxylic acids is 4. The smallest absolute Gasteiger partial charge is 0.311 e. The molecule has 4 fully saturated rings. The average molecular weight is 1360 g/mol. The minimum Gasteiger partial charge on any atom is -0.507 e. The lowest BCUT2D eigenvalue weighted by atomic mass is 9.72. The van der Waals surface area contributed by atoms with Crippen LogP contribution in [0.1, 0.15) is 148 Å². The Morgan fingerprint density at radius 3 is 1.75 bits per heavy atom. The molecule has 4 aromatic carbocycles. The third kappa shape index (κ3) is 17.2. The number of nitrogens with two attached hydrogens (primary N) is 2. The number of rotatable bonds is 12. The SMILES string of the molecule is CC[C@H]1OC(=O)[C@H](C)[C@@H](OC2CC(C)(OC)C(O)C(C)O2)[C@H](C)[C@@H](OC2OC(C)CC(N(C)C)C2O)[C@](C)(OC)C[C@@H](C)C(=O)[C@H](C)[C@@H](O)[C@]1(C)O.Nc1ccc(S(=O)(=O)c2ccc(N)cc2)cc1.O=C1C(=O)c2ccccc2C(O)=C1C1CCC(c2ccc(Cl)cc2)CC1. The molecule has 5 aliphatic rings. The lowest BCUT2D eigenvalue weighted by molar-refractivity contribution is -0.319. The molecule has 21 nitrogen and oxygen atoms in total. The van der Waals surface area contributed by atoms with Gasteiger partial charge >= 0.3 is 5.97 Å². The van der Waals surface area contributed by atoms with Crippen LogP contribution in [0, 0.1) is 29.6 Å². The second-order valence-corrected chi connectivity index (χ2v) is 29.7. The van der Waals surface area contributed by atoms with E-state index in [9.17, 15) is 53.1 Å². The second kappa shape index (κ2) is 31.9. The highest BCUT2D eigenvalue weighted by atomic mass is 35.5. The zero-order valence-corrected chi connectivity index (χ0v) is 58.7. The first-order chi connectivity index (χ1) is 44.5. The maximum absolute atomic E-state index is 14.2. The number of aliphatic hydroxyl groups excluding tert-OH is 4. The normalized spacial score (nSPS) is 35.2. The van der Waals surface area contributed by atoms with Crippen molar-refractivity contribution in [3.8, 4) is 0 Å². The molecule has 524 valence electrons. The number of ketones is 3. The summed E-state index contributed by atoms with van der Waals surface area (Å²) < 4.78 is 68.2. The van der Waals surface area contributed by atoms with Gasteiger partial charge in [-0.25, -0.2) is 8.42 Å². The minimum absolute atomic E-state index is 0.0138. The van der Waals surface area contributed by atoms with Crippen LogP contribution >= 0.6 is 11.6 Å². The van der Waals surface area contributed by atoms with E-state index in [0.29, 0.717) is 40.4 Å². The van der Waals surface area contributed by atoms with Crippen LogP contribution in [0.15, 0.2) is 112 Å². The molecule has 9 N–H and O–H groups in total. The molecule has 0 aromatic heterocycles. The maximum atomic E-state index is 14.2. The molecule has 4 aromatic rings. The molecule has 18 atom stereocenters. The number of hydrogen-bond acceptors (Lipinski definition) is 21. The summed E-state index contributed by atoms with van der Waals surface area (Å²) in [5.41, 5.74) is 10.2. The van der Waals surface area contributed by atoms with E-state index in [1.54, 1.807) is 97.0 Å². The Morgan fingerprint density at radius 1 is 0.684 bits per heavy atom. The highest BCUT2D eigenvalue weighted by Gasteiger charge is 2.54. The van der Waals surface area contributed by atoms with Crippen LogP contribution in [-0.4, -0.2) is 175 Å². The molecule has 0 spiro atoms. The van der Waals surface area contributed by atoms with Gasteiger partial charge in [-0.05, 0) is 179 Å². The first-order valence-corrected chi connectivity index (χ1v) is 34.6. The number of sulfone groups is 1. The van der Waals surface area contributed by atoms with Gasteiger partial charge in [0.05, 0.1) is 57.4 Å². The van der Waals surface area contributed by atoms with Crippen LogP contribution in [0.25, 0.3) is 5.76 Å². The number of anilines is 2. The predicted molar refractivity (Wildman–Crippen MR) is 360 cm³/mol. The summed E-state index contributed by atoms with van der Waals surface area (Å²) in [4.78, 5) is 55.5. The highest BCUT2D eigenvalue weighted by molar-refractivity contribution is 7.91. The van der Waals surface area contributed by atoms with Crippen molar-refractivity contribution in [2.75, 3.05) is 39.8 Å². The molecule has 23 heteroatoms. The van der Waals surface area contributed by atoms with E-state index < -0.39 is 123 Å². The van der Waals surface area contributed by atoms with Crippen molar-refractivity contribution in [3.63, 3.8) is 0 Å². The number of likely N-dealkylation sites (N-methyl/N-ethyl adjacent to an activating group) is 1. The van der Waals surface area contributed by atoms with Crippen molar-refractivity contribution in [1.29, 1.82) is 0 Å². The topological polar surface area (TPSA) is 323 Å². The van der Waals surface area contributed by atoms with Crippen molar-refractivity contribution in [2.45, 2.75) is 221 Å². The van der Waals surface area contributed by atoms with E-state index in [0.717, 1.165) is 30.7 Å². The zero-order valence-electron chi connectivity index (χ0n) is 57.1. The number of ether oxygens (including phenoxy) is 7. The fourth-order valence-corrected chi connectivity index (χ4v) is 15.6. The van der Waals surface area contributed by atoms with Gasteiger partial charge in [0.1, 0.15) is 35.5 Å². The average Bonchev–Trinajstić information content (AvgIpc) is 0.773. The van der Waals surface area contributed by atoms with Gasteiger partial charge in [-0.1, -0.05) is 75.7 Å². The number of halogens is 1. The molecule has 1 saturated carbocycles. The number of hydrogen-bond donors (Lipinski definition) is 7. The Bertz CT molecular complexity index is 3370. The van der Waals surface area contributed by atoms with Crippen molar-refractivity contribution < 1.29 is 86.3 Å². The van der Waals surface area contributed by atoms with Gasteiger partial charge in [0, 0.05) is 77.5 Å². The lowest BCUT2D eigenvalue weighted by Gasteiger charge is -2.50. The summed E-state index contributed by atoms with van der Waals surface area (Å²) in [6, 6.07) is 26.6. The maximum Gasteiger partial charge on any atom is 0.311 e. The van der Waals surface area contributed by atoms with Crippen LogP contribution in [-0.2, 0) is 57.4 Å². The quantitative estimate of drug-likeness (QED) is 0.0394. The summed E-state index contributed by atoms with van der Waals surface area (Å²) in [6.07, 6.45) is -5.31. The lowest BCUT2D eigenvalue weighted by Crippen LogP contribution is -2.61. The Kier molecular flexibility index (Phi) is 25.7. The van der Waals surface area contributed by atoms with Gasteiger partial charge in [0.25, 0.3) is 0 Å². The molecule has 0 radical (unpaired) electrons. The molecule has 9 rings (SSSR count). The van der Waals surface area contributed by atoms with Crippen LogP contribution in [0.3, 0.4) is 0 Å². The van der Waals surface area contributed by atoms with E-state index >= 15 is 0 Å². The first-order valence-electron chi connectivity index (χ1n) is 32.8. The molecular weight excluding hydrogens is 1260 g/mol. The van der Waals surface area contributed by atoms with Crippen LogP contribution in [0.4, 0.5) is 11.4 Å². The van der Waals surface area contributed by atoms with Crippen molar-refractivity contribution >= 4 is 61.9 Å². The van der Waals surface area contributed by atoms with E-state index in [1.807, 2.05) is 45.0 Å². The fraction of sp³-hybridized carbons (Fsp3) is 0.583. The third-order valence-electron chi connectivity index (χ3n) is 20.3. The van der Waals surface area contributed by atoms with Gasteiger partial charge in [-0.3, -0.25) is 19.2 Å². The number of cyclic esters (lactones) is 1. The molecule has 3 heterocycles. The van der Waals surface area contributed by atoms with Crippen LogP contribution < -0.4 is 11.5 Å². The van der Waals surface area contributed by atoms with Gasteiger partial charge in [-0.2, -0.15) is 0 Å². The van der Waals surface area contributed by atoms with E-state index in [4.69, 9.17) is 56.2 Å². The summed E-state index contributed by atoms with van der Waals surface area (Å²) in [6.45, 7) is 17.1. The van der Waals surface area contributed by atoms with Crippen LogP contribution in [0.5, 0.6) is 0 Å². The molecule has 0 amide bonds. The van der Waals surface area contributed by atoms with Crippen molar-refractivity contribution in [2.24, 2.45) is 29.6 Å². The summed E-state index contributed by atoms with van der Waals surface area (Å²) in [5.74, 6) is -5.18. The number of nitrogens with zero attached hydrogens (tertiary/aromatic N) is 1. The van der Waals surface area contributed by atoms with Gasteiger partial charge in [-0.15, -0.1) is 0 Å². The Hall–Kier alpha value is -5.70. The fourth-order valence-electron chi connectivity index (χ4n) is 14.2. The number of Topliss-reactive ketones (excluding diaryl/α,β-unsaturated/α-hetero) is 3.